The van der Waals surface area contributed by atoms with E-state index in [1.54, 1.807) is 23.7 Å². The van der Waals surface area contributed by atoms with Crippen LogP contribution in [0.25, 0.3) is 10.2 Å². The lowest BCUT2D eigenvalue weighted by molar-refractivity contribution is 1.10. The normalized spacial score (nSPS) is 10.3. The largest absolute Gasteiger partial charge is 0.365 e. The van der Waals surface area contributed by atoms with Crippen LogP contribution in [0.2, 0.25) is 0 Å². The lowest BCUT2D eigenvalue weighted by Gasteiger charge is -2.06. The van der Waals surface area contributed by atoms with Crippen LogP contribution in [0.5, 0.6) is 0 Å². The number of aromatic nitrogens is 2. The summed E-state index contributed by atoms with van der Waals surface area (Å²) in [6.07, 6.45) is 1.56. The van der Waals surface area contributed by atoms with Crippen molar-refractivity contribution in [1.29, 1.82) is 5.26 Å². The quantitative estimate of drug-likeness (QED) is 0.791. The van der Waals surface area contributed by atoms with Gasteiger partial charge in [0.2, 0.25) is 0 Å². The van der Waals surface area contributed by atoms with Crippen molar-refractivity contribution < 1.29 is 0 Å². The number of hydrogen-bond donors (Lipinski definition) is 1. The Kier molecular flexibility index (Phi) is 3.09. The molecule has 0 amide bonds. The lowest BCUT2D eigenvalue weighted by atomic mass is 10.1. The average Bonchev–Trinajstić information content (AvgIpc) is 2.94. The minimum Gasteiger partial charge on any atom is -0.365 e. The van der Waals surface area contributed by atoms with Gasteiger partial charge in [-0.1, -0.05) is 12.1 Å². The van der Waals surface area contributed by atoms with Crippen LogP contribution in [-0.2, 0) is 6.54 Å². The Morgan fingerprint density at radius 2 is 2.21 bits per heavy atom. The van der Waals surface area contributed by atoms with Crippen molar-refractivity contribution in [3.8, 4) is 6.07 Å². The molecule has 0 saturated carbocycles. The molecule has 0 bridgehead atoms. The van der Waals surface area contributed by atoms with Gasteiger partial charge in [-0.05, 0) is 29.1 Å². The number of rotatable bonds is 3. The Labute approximate surface area is 114 Å². The van der Waals surface area contributed by atoms with Crippen LogP contribution in [0.1, 0.15) is 11.1 Å². The predicted octanol–water partition coefficient (Wildman–Crippen LogP) is 3.18. The number of nitrogens with one attached hydrogen (secondary N) is 1. The highest BCUT2D eigenvalue weighted by Gasteiger charge is 2.04. The molecule has 4 nitrogen and oxygen atoms in total. The van der Waals surface area contributed by atoms with Gasteiger partial charge < -0.3 is 5.32 Å². The summed E-state index contributed by atoms with van der Waals surface area (Å²) in [6.45, 7) is 0.636. The monoisotopic (exact) mass is 266 g/mol. The molecular weight excluding hydrogens is 256 g/mol. The number of hydrogen-bond acceptors (Lipinski definition) is 5. The zero-order valence-electron chi connectivity index (χ0n) is 10.00. The molecule has 5 heteroatoms. The number of thiophene rings is 1. The molecule has 0 radical (unpaired) electrons. The van der Waals surface area contributed by atoms with Crippen LogP contribution in [0.3, 0.4) is 0 Å². The van der Waals surface area contributed by atoms with E-state index < -0.39 is 0 Å². The van der Waals surface area contributed by atoms with E-state index >= 15 is 0 Å². The first-order valence-electron chi connectivity index (χ1n) is 5.78. The maximum atomic E-state index is 8.87. The van der Waals surface area contributed by atoms with Crippen LogP contribution in [-0.4, -0.2) is 9.97 Å². The van der Waals surface area contributed by atoms with Gasteiger partial charge in [0.25, 0.3) is 0 Å². The summed E-state index contributed by atoms with van der Waals surface area (Å²) in [4.78, 5) is 9.44. The number of anilines is 1. The van der Waals surface area contributed by atoms with Crippen molar-refractivity contribution in [2.24, 2.45) is 0 Å². The van der Waals surface area contributed by atoms with Crippen LogP contribution >= 0.6 is 11.3 Å². The van der Waals surface area contributed by atoms with E-state index in [-0.39, 0.29) is 0 Å². The summed E-state index contributed by atoms with van der Waals surface area (Å²) in [7, 11) is 0. The molecule has 0 aliphatic heterocycles. The van der Waals surface area contributed by atoms with Gasteiger partial charge in [0.1, 0.15) is 17.0 Å². The van der Waals surface area contributed by atoms with Crippen molar-refractivity contribution in [2.75, 3.05) is 5.32 Å². The van der Waals surface area contributed by atoms with E-state index in [4.69, 9.17) is 5.26 Å². The maximum Gasteiger partial charge on any atom is 0.138 e. The van der Waals surface area contributed by atoms with Gasteiger partial charge in [-0.3, -0.25) is 0 Å². The minimum absolute atomic E-state index is 0.636. The molecule has 2 aromatic heterocycles. The first-order chi connectivity index (χ1) is 9.36. The van der Waals surface area contributed by atoms with E-state index in [1.165, 1.54) is 0 Å². The summed E-state index contributed by atoms with van der Waals surface area (Å²) in [6, 6.07) is 11.7. The van der Waals surface area contributed by atoms with Gasteiger partial charge in [0.15, 0.2) is 0 Å². The molecule has 1 N–H and O–H groups in total. The van der Waals surface area contributed by atoms with Gasteiger partial charge in [-0.25, -0.2) is 9.97 Å². The molecule has 3 aromatic rings. The smallest absolute Gasteiger partial charge is 0.138 e. The number of benzene rings is 1. The van der Waals surface area contributed by atoms with Crippen LogP contribution in [0.4, 0.5) is 5.82 Å². The fourth-order valence-corrected chi connectivity index (χ4v) is 2.60. The molecule has 0 aliphatic carbocycles. The second-order valence-corrected chi connectivity index (χ2v) is 4.92. The third kappa shape index (κ3) is 2.39. The molecule has 0 unspecified atom stereocenters. The first kappa shape index (κ1) is 11.6. The molecule has 92 valence electrons. The maximum absolute atomic E-state index is 8.87. The highest BCUT2D eigenvalue weighted by molar-refractivity contribution is 7.16. The highest BCUT2D eigenvalue weighted by atomic mass is 32.1. The molecule has 0 fully saturated rings. The molecule has 0 atom stereocenters. The zero-order valence-corrected chi connectivity index (χ0v) is 10.8. The van der Waals surface area contributed by atoms with E-state index in [0.29, 0.717) is 12.1 Å². The Hall–Kier alpha value is -2.45. The summed E-state index contributed by atoms with van der Waals surface area (Å²) in [5, 5.41) is 15.2. The average molecular weight is 266 g/mol. The SMILES string of the molecule is N#Cc1cccc(CNc2ncnc3sccc23)c1. The van der Waals surface area contributed by atoms with Crippen molar-refractivity contribution >= 4 is 27.4 Å². The number of fused-ring (bicyclic) bond motifs is 1. The summed E-state index contributed by atoms with van der Waals surface area (Å²) >= 11 is 1.60. The van der Waals surface area contributed by atoms with Gasteiger partial charge in [0, 0.05) is 6.54 Å². The standard InChI is InChI=1S/C14H10N4S/c15-7-10-2-1-3-11(6-10)8-16-13-12-4-5-19-14(12)18-9-17-13/h1-6,9H,8H2,(H,16,17,18). The lowest BCUT2D eigenvalue weighted by Crippen LogP contribution is -2.02. The molecule has 0 spiro atoms. The number of nitriles is 1. The molecule has 19 heavy (non-hydrogen) atoms. The fourth-order valence-electron chi connectivity index (χ4n) is 1.87. The summed E-state index contributed by atoms with van der Waals surface area (Å²) in [5.74, 6) is 0.827. The minimum atomic E-state index is 0.636. The van der Waals surface area contributed by atoms with E-state index in [2.05, 4.69) is 21.4 Å². The number of nitrogens with zero attached hydrogens (tertiary/aromatic N) is 3. The molecule has 2 heterocycles. The Balaban J connectivity index is 1.82. The summed E-state index contributed by atoms with van der Waals surface area (Å²) < 4.78 is 0. The predicted molar refractivity (Wildman–Crippen MR) is 75.9 cm³/mol. The third-order valence-electron chi connectivity index (χ3n) is 2.78. The van der Waals surface area contributed by atoms with Crippen molar-refractivity contribution in [1.82, 2.24) is 9.97 Å². The van der Waals surface area contributed by atoms with Crippen molar-refractivity contribution in [2.45, 2.75) is 6.54 Å². The van der Waals surface area contributed by atoms with Gasteiger partial charge in [0.05, 0.1) is 17.0 Å². The van der Waals surface area contributed by atoms with Crippen LogP contribution < -0.4 is 5.32 Å². The second kappa shape index (κ2) is 5.04. The van der Waals surface area contributed by atoms with Crippen molar-refractivity contribution in [3.05, 3.63) is 53.2 Å². The van der Waals surface area contributed by atoms with Gasteiger partial charge >= 0.3 is 0 Å². The molecule has 3 rings (SSSR count). The Bertz CT molecular complexity index is 757. The van der Waals surface area contributed by atoms with E-state index in [9.17, 15) is 0 Å². The molecule has 1 aromatic carbocycles. The zero-order chi connectivity index (χ0) is 13.1. The van der Waals surface area contributed by atoms with Crippen LogP contribution in [0.15, 0.2) is 42.0 Å². The van der Waals surface area contributed by atoms with E-state index in [1.807, 2.05) is 29.6 Å². The van der Waals surface area contributed by atoms with Gasteiger partial charge in [-0.15, -0.1) is 11.3 Å². The Morgan fingerprint density at radius 1 is 1.26 bits per heavy atom. The molecule has 0 saturated heterocycles. The third-order valence-corrected chi connectivity index (χ3v) is 3.60. The first-order valence-corrected chi connectivity index (χ1v) is 6.66. The van der Waals surface area contributed by atoms with E-state index in [0.717, 1.165) is 21.6 Å². The fraction of sp³-hybridized carbons (Fsp3) is 0.0714. The summed E-state index contributed by atoms with van der Waals surface area (Å²) in [5.41, 5.74) is 1.73. The second-order valence-electron chi connectivity index (χ2n) is 4.03. The van der Waals surface area contributed by atoms with Gasteiger partial charge in [-0.2, -0.15) is 5.26 Å². The van der Waals surface area contributed by atoms with Crippen LogP contribution in [0, 0.1) is 11.3 Å². The topological polar surface area (TPSA) is 61.6 Å². The molecule has 0 aliphatic rings. The van der Waals surface area contributed by atoms with Crippen molar-refractivity contribution in [3.63, 3.8) is 0 Å². The molecular formula is C14H10N4S. The highest BCUT2D eigenvalue weighted by Crippen LogP contribution is 2.24. The Morgan fingerprint density at radius 3 is 3.11 bits per heavy atom.